The molecule has 0 aromatic carbocycles. The Kier molecular flexibility index (Phi) is 3.34. The highest BCUT2D eigenvalue weighted by molar-refractivity contribution is 5.76. The van der Waals surface area contributed by atoms with Crippen LogP contribution in [0.15, 0.2) is 24.5 Å². The summed E-state index contributed by atoms with van der Waals surface area (Å²) in [4.78, 5) is 17.9. The third-order valence-electron chi connectivity index (χ3n) is 4.02. The number of carbonyl (C=O) groups excluding carboxylic acids is 1. The Morgan fingerprint density at radius 3 is 3.21 bits per heavy atom. The molecule has 0 spiro atoms. The van der Waals surface area contributed by atoms with Crippen LogP contribution >= 0.6 is 0 Å². The smallest absolute Gasteiger partial charge is 0.150 e. The maximum absolute atomic E-state index is 10.8. The number of aldehydes is 1. The first-order valence-corrected chi connectivity index (χ1v) is 6.97. The molecule has 0 radical (unpaired) electrons. The third kappa shape index (κ3) is 2.40. The lowest BCUT2D eigenvalue weighted by molar-refractivity contribution is 0.112. The van der Waals surface area contributed by atoms with E-state index in [0.29, 0.717) is 11.6 Å². The van der Waals surface area contributed by atoms with E-state index < -0.39 is 0 Å². The van der Waals surface area contributed by atoms with Crippen LogP contribution < -0.4 is 0 Å². The van der Waals surface area contributed by atoms with Gasteiger partial charge in [-0.2, -0.15) is 0 Å². The number of likely N-dealkylation sites (N-methyl/N-ethyl adjacent to an activating group) is 1. The summed E-state index contributed by atoms with van der Waals surface area (Å²) in [5.74, 6) is 0. The van der Waals surface area contributed by atoms with Crippen molar-refractivity contribution in [2.75, 3.05) is 13.1 Å². The van der Waals surface area contributed by atoms with Gasteiger partial charge in [0.2, 0.25) is 0 Å². The maximum atomic E-state index is 10.8. The number of fused-ring (bicyclic) bond motifs is 1. The predicted octanol–water partition coefficient (Wildman–Crippen LogP) is 2.17. The van der Waals surface area contributed by atoms with Crippen molar-refractivity contribution in [1.29, 1.82) is 0 Å². The molecule has 1 unspecified atom stereocenters. The number of imidazole rings is 1. The van der Waals surface area contributed by atoms with Crippen molar-refractivity contribution in [3.63, 3.8) is 0 Å². The lowest BCUT2D eigenvalue weighted by Crippen LogP contribution is -2.30. The van der Waals surface area contributed by atoms with Crippen LogP contribution in [0.1, 0.15) is 35.8 Å². The summed E-state index contributed by atoms with van der Waals surface area (Å²) in [6, 6.07) is 4.28. The van der Waals surface area contributed by atoms with Crippen LogP contribution in [0.25, 0.3) is 5.65 Å². The van der Waals surface area contributed by atoms with Crippen LogP contribution in [0.3, 0.4) is 0 Å². The zero-order valence-electron chi connectivity index (χ0n) is 11.2. The fraction of sp³-hybridized carbons (Fsp3) is 0.467. The molecular formula is C15H19N3O. The second kappa shape index (κ2) is 5.13. The summed E-state index contributed by atoms with van der Waals surface area (Å²) in [6.45, 7) is 4.55. The molecule has 0 N–H and O–H groups in total. The molecule has 3 heterocycles. The summed E-state index contributed by atoms with van der Waals surface area (Å²) in [6.07, 6.45) is 8.41. The molecular weight excluding hydrogens is 238 g/mol. The van der Waals surface area contributed by atoms with Gasteiger partial charge in [-0.3, -0.25) is 4.79 Å². The van der Waals surface area contributed by atoms with Gasteiger partial charge in [0.1, 0.15) is 11.9 Å². The Labute approximate surface area is 113 Å². The highest BCUT2D eigenvalue weighted by atomic mass is 16.1. The lowest BCUT2D eigenvalue weighted by atomic mass is 10.1. The van der Waals surface area contributed by atoms with Crippen molar-refractivity contribution in [3.05, 3.63) is 35.8 Å². The molecule has 0 saturated carbocycles. The molecule has 1 aliphatic rings. The summed E-state index contributed by atoms with van der Waals surface area (Å²) in [5, 5.41) is 0. The minimum Gasteiger partial charge on any atom is -0.307 e. The second-order valence-corrected chi connectivity index (χ2v) is 5.20. The van der Waals surface area contributed by atoms with E-state index in [0.717, 1.165) is 30.6 Å². The molecule has 1 fully saturated rings. The zero-order valence-corrected chi connectivity index (χ0v) is 11.2. The van der Waals surface area contributed by atoms with Gasteiger partial charge in [0.05, 0.1) is 5.69 Å². The number of carbonyl (C=O) groups is 1. The fourth-order valence-electron chi connectivity index (χ4n) is 3.01. The van der Waals surface area contributed by atoms with E-state index in [2.05, 4.69) is 23.0 Å². The molecule has 100 valence electrons. The summed E-state index contributed by atoms with van der Waals surface area (Å²) >= 11 is 0. The highest BCUT2D eigenvalue weighted by Crippen LogP contribution is 2.20. The first-order valence-electron chi connectivity index (χ1n) is 6.97. The maximum Gasteiger partial charge on any atom is 0.150 e. The molecule has 4 heteroatoms. The van der Waals surface area contributed by atoms with Crippen LogP contribution in [-0.4, -0.2) is 39.7 Å². The Morgan fingerprint density at radius 2 is 2.42 bits per heavy atom. The number of nitrogens with zero attached hydrogens (tertiary/aromatic N) is 3. The number of rotatable bonds is 4. The Hall–Kier alpha value is -1.68. The monoisotopic (exact) mass is 257 g/mol. The first kappa shape index (κ1) is 12.4. The van der Waals surface area contributed by atoms with Crippen molar-refractivity contribution >= 4 is 11.9 Å². The van der Waals surface area contributed by atoms with Gasteiger partial charge in [0.25, 0.3) is 0 Å². The lowest BCUT2D eigenvalue weighted by Gasteiger charge is -2.21. The molecule has 1 aliphatic heterocycles. The Morgan fingerprint density at radius 1 is 1.53 bits per heavy atom. The quantitative estimate of drug-likeness (QED) is 0.788. The summed E-state index contributed by atoms with van der Waals surface area (Å²) in [7, 11) is 0. The SMILES string of the molecule is CCN1CCCC1Cc1cn2ccc(C=O)cc2n1. The van der Waals surface area contributed by atoms with Crippen molar-refractivity contribution in [3.8, 4) is 0 Å². The van der Waals surface area contributed by atoms with E-state index in [1.807, 2.05) is 22.7 Å². The number of hydrogen-bond donors (Lipinski definition) is 0. The standard InChI is InChI=1S/C15H19N3O/c1-2-17-6-3-4-14(17)9-13-10-18-7-5-12(11-19)8-15(18)16-13/h5,7-8,10-11,14H,2-4,6,9H2,1H3. The van der Waals surface area contributed by atoms with E-state index in [1.165, 1.54) is 19.4 Å². The average molecular weight is 257 g/mol. The van der Waals surface area contributed by atoms with Crippen molar-refractivity contribution in [1.82, 2.24) is 14.3 Å². The zero-order chi connectivity index (χ0) is 13.2. The summed E-state index contributed by atoms with van der Waals surface area (Å²) in [5.41, 5.74) is 2.66. The Bertz CT molecular complexity index is 590. The topological polar surface area (TPSA) is 37.6 Å². The van der Waals surface area contributed by atoms with Crippen LogP contribution in [0.5, 0.6) is 0 Å². The van der Waals surface area contributed by atoms with Gasteiger partial charge in [-0.25, -0.2) is 4.98 Å². The molecule has 1 atom stereocenters. The summed E-state index contributed by atoms with van der Waals surface area (Å²) < 4.78 is 1.99. The molecule has 19 heavy (non-hydrogen) atoms. The van der Waals surface area contributed by atoms with Crippen molar-refractivity contribution in [2.24, 2.45) is 0 Å². The second-order valence-electron chi connectivity index (χ2n) is 5.20. The Balaban J connectivity index is 1.83. The molecule has 0 aliphatic carbocycles. The van der Waals surface area contributed by atoms with E-state index in [-0.39, 0.29) is 0 Å². The minimum absolute atomic E-state index is 0.625. The van der Waals surface area contributed by atoms with Crippen LogP contribution in [0, 0.1) is 0 Å². The normalized spacial score (nSPS) is 20.2. The first-order chi connectivity index (χ1) is 9.30. The van der Waals surface area contributed by atoms with Gasteiger partial charge in [0, 0.05) is 30.4 Å². The molecule has 1 saturated heterocycles. The highest BCUT2D eigenvalue weighted by Gasteiger charge is 2.23. The third-order valence-corrected chi connectivity index (χ3v) is 4.02. The van der Waals surface area contributed by atoms with Gasteiger partial charge < -0.3 is 9.30 Å². The average Bonchev–Trinajstić information content (AvgIpc) is 3.03. The van der Waals surface area contributed by atoms with Gasteiger partial charge in [-0.15, -0.1) is 0 Å². The van der Waals surface area contributed by atoms with E-state index in [1.54, 1.807) is 0 Å². The van der Waals surface area contributed by atoms with Crippen LogP contribution in [0.2, 0.25) is 0 Å². The number of likely N-dealkylation sites (tertiary alicyclic amines) is 1. The minimum atomic E-state index is 0.625. The largest absolute Gasteiger partial charge is 0.307 e. The number of hydrogen-bond acceptors (Lipinski definition) is 3. The predicted molar refractivity (Wildman–Crippen MR) is 74.6 cm³/mol. The fourth-order valence-corrected chi connectivity index (χ4v) is 3.01. The van der Waals surface area contributed by atoms with Crippen LogP contribution in [-0.2, 0) is 6.42 Å². The molecule has 0 amide bonds. The van der Waals surface area contributed by atoms with E-state index >= 15 is 0 Å². The molecule has 4 nitrogen and oxygen atoms in total. The van der Waals surface area contributed by atoms with Crippen LogP contribution in [0.4, 0.5) is 0 Å². The van der Waals surface area contributed by atoms with Gasteiger partial charge >= 0.3 is 0 Å². The van der Waals surface area contributed by atoms with Gasteiger partial charge in [-0.1, -0.05) is 6.92 Å². The molecule has 2 aromatic rings. The number of pyridine rings is 1. The van der Waals surface area contributed by atoms with E-state index in [9.17, 15) is 4.79 Å². The molecule has 3 rings (SSSR count). The molecule has 2 aromatic heterocycles. The van der Waals surface area contributed by atoms with Crippen molar-refractivity contribution < 1.29 is 4.79 Å². The molecule has 0 bridgehead atoms. The number of aromatic nitrogens is 2. The van der Waals surface area contributed by atoms with Gasteiger partial charge in [-0.05, 0) is 38.1 Å². The van der Waals surface area contributed by atoms with Gasteiger partial charge in [0.15, 0.2) is 0 Å². The van der Waals surface area contributed by atoms with Crippen molar-refractivity contribution in [2.45, 2.75) is 32.2 Å². The van der Waals surface area contributed by atoms with E-state index in [4.69, 9.17) is 0 Å².